The predicted molar refractivity (Wildman–Crippen MR) is 73.8 cm³/mol. The number of benzene rings is 1. The highest BCUT2D eigenvalue weighted by Gasteiger charge is 2.34. The zero-order chi connectivity index (χ0) is 15.6. The predicted octanol–water partition coefficient (Wildman–Crippen LogP) is 3.36. The number of hydrogen-bond donors (Lipinski definition) is 1. The molecule has 0 bridgehead atoms. The van der Waals surface area contributed by atoms with Gasteiger partial charge in [-0.25, -0.2) is 9.97 Å². The Morgan fingerprint density at radius 2 is 1.86 bits per heavy atom. The van der Waals surface area contributed by atoms with Gasteiger partial charge in [0.2, 0.25) is 0 Å². The molecule has 1 aromatic heterocycles. The minimum Gasteiger partial charge on any atom is -0.453 e. The highest BCUT2D eigenvalue weighted by molar-refractivity contribution is 5.38. The number of nitrogens with zero attached hydrogens (tertiary/aromatic N) is 2. The molecule has 116 valence electrons. The highest BCUT2D eigenvalue weighted by Crippen LogP contribution is 2.37. The lowest BCUT2D eigenvalue weighted by atomic mass is 10.1. The zero-order valence-corrected chi connectivity index (χ0v) is 11.6. The number of halogens is 3. The highest BCUT2D eigenvalue weighted by atomic mass is 19.4. The fraction of sp³-hybridized carbons (Fsp3) is 0.333. The van der Waals surface area contributed by atoms with Crippen LogP contribution in [0.15, 0.2) is 36.7 Å². The molecule has 4 nitrogen and oxygen atoms in total. The Hall–Kier alpha value is -2.15. The van der Waals surface area contributed by atoms with Crippen molar-refractivity contribution in [3.05, 3.63) is 48.0 Å². The monoisotopic (exact) mass is 309 g/mol. The smallest absolute Gasteiger partial charge is 0.419 e. The van der Waals surface area contributed by atoms with Crippen molar-refractivity contribution in [1.82, 2.24) is 15.3 Å². The van der Waals surface area contributed by atoms with Gasteiger partial charge in [0.05, 0.1) is 18.0 Å². The van der Waals surface area contributed by atoms with Crippen molar-refractivity contribution in [2.75, 3.05) is 13.1 Å². The molecule has 0 amide bonds. The van der Waals surface area contributed by atoms with Crippen LogP contribution < -0.4 is 10.1 Å². The van der Waals surface area contributed by atoms with E-state index in [0.29, 0.717) is 5.82 Å². The lowest BCUT2D eigenvalue weighted by molar-refractivity contribution is -0.138. The zero-order valence-electron chi connectivity index (χ0n) is 11.6. The SMILES string of the molecule is FC(F)(F)c1ccccc1Oc1cnc(C2CCNC2)nc1. The van der Waals surface area contributed by atoms with Gasteiger partial charge in [0.15, 0.2) is 5.75 Å². The maximum atomic E-state index is 12.9. The van der Waals surface area contributed by atoms with Crippen LogP contribution in [0.4, 0.5) is 13.2 Å². The van der Waals surface area contributed by atoms with Gasteiger partial charge in [0, 0.05) is 12.5 Å². The summed E-state index contributed by atoms with van der Waals surface area (Å²) in [6.45, 7) is 1.74. The van der Waals surface area contributed by atoms with Crippen molar-refractivity contribution in [2.45, 2.75) is 18.5 Å². The Morgan fingerprint density at radius 3 is 2.50 bits per heavy atom. The van der Waals surface area contributed by atoms with Crippen LogP contribution >= 0.6 is 0 Å². The van der Waals surface area contributed by atoms with Crippen molar-refractivity contribution in [1.29, 1.82) is 0 Å². The number of aromatic nitrogens is 2. The van der Waals surface area contributed by atoms with E-state index in [1.807, 2.05) is 0 Å². The van der Waals surface area contributed by atoms with Crippen LogP contribution in [0.2, 0.25) is 0 Å². The minimum absolute atomic E-state index is 0.186. The summed E-state index contributed by atoms with van der Waals surface area (Å²) in [5.41, 5.74) is -0.820. The molecule has 3 rings (SSSR count). The Kier molecular flexibility index (Phi) is 3.98. The second-order valence-corrected chi connectivity index (χ2v) is 5.06. The molecular weight excluding hydrogens is 295 g/mol. The van der Waals surface area contributed by atoms with E-state index < -0.39 is 11.7 Å². The number of ether oxygens (including phenoxy) is 1. The van der Waals surface area contributed by atoms with Gasteiger partial charge < -0.3 is 10.1 Å². The molecule has 2 aromatic rings. The molecular formula is C15H14F3N3O. The molecule has 1 aromatic carbocycles. The summed E-state index contributed by atoms with van der Waals surface area (Å²) >= 11 is 0. The summed E-state index contributed by atoms with van der Waals surface area (Å²) in [4.78, 5) is 8.38. The largest absolute Gasteiger partial charge is 0.453 e. The molecule has 0 spiro atoms. The molecule has 0 aliphatic carbocycles. The van der Waals surface area contributed by atoms with Gasteiger partial charge in [-0.05, 0) is 25.1 Å². The molecule has 1 N–H and O–H groups in total. The van der Waals surface area contributed by atoms with E-state index in [9.17, 15) is 13.2 Å². The summed E-state index contributed by atoms with van der Waals surface area (Å²) < 4.78 is 44.0. The van der Waals surface area contributed by atoms with E-state index in [-0.39, 0.29) is 17.4 Å². The van der Waals surface area contributed by atoms with Crippen LogP contribution in [0.1, 0.15) is 23.7 Å². The second-order valence-electron chi connectivity index (χ2n) is 5.06. The van der Waals surface area contributed by atoms with E-state index in [4.69, 9.17) is 4.74 Å². The van der Waals surface area contributed by atoms with E-state index in [2.05, 4.69) is 15.3 Å². The summed E-state index contributed by atoms with van der Waals surface area (Å²) in [5.74, 6) is 0.859. The molecule has 1 fully saturated rings. The second kappa shape index (κ2) is 5.92. The normalized spacial score (nSPS) is 18.4. The molecule has 22 heavy (non-hydrogen) atoms. The van der Waals surface area contributed by atoms with Crippen LogP contribution in [-0.4, -0.2) is 23.1 Å². The molecule has 0 saturated carbocycles. The molecule has 1 aliphatic heterocycles. The van der Waals surface area contributed by atoms with Crippen molar-refractivity contribution in [3.63, 3.8) is 0 Å². The lowest BCUT2D eigenvalue weighted by Crippen LogP contribution is -2.10. The van der Waals surface area contributed by atoms with Gasteiger partial charge in [-0.2, -0.15) is 13.2 Å². The third-order valence-electron chi connectivity index (χ3n) is 3.49. The van der Waals surface area contributed by atoms with Gasteiger partial charge >= 0.3 is 6.18 Å². The van der Waals surface area contributed by atoms with Gasteiger partial charge in [0.1, 0.15) is 11.6 Å². The molecule has 2 heterocycles. The van der Waals surface area contributed by atoms with Crippen LogP contribution in [0, 0.1) is 0 Å². The van der Waals surface area contributed by atoms with Crippen molar-refractivity contribution in [3.8, 4) is 11.5 Å². The Bertz CT molecular complexity index is 637. The number of nitrogens with one attached hydrogen (secondary N) is 1. The average molecular weight is 309 g/mol. The molecule has 1 aliphatic rings. The van der Waals surface area contributed by atoms with Gasteiger partial charge in [-0.1, -0.05) is 12.1 Å². The maximum Gasteiger partial charge on any atom is 0.419 e. The number of hydrogen-bond acceptors (Lipinski definition) is 4. The average Bonchev–Trinajstić information content (AvgIpc) is 3.02. The number of para-hydroxylation sites is 1. The fourth-order valence-corrected chi connectivity index (χ4v) is 2.38. The molecule has 1 unspecified atom stereocenters. The fourth-order valence-electron chi connectivity index (χ4n) is 2.38. The number of rotatable bonds is 3. The van der Waals surface area contributed by atoms with Crippen molar-refractivity contribution >= 4 is 0 Å². The van der Waals surface area contributed by atoms with Crippen molar-refractivity contribution in [2.24, 2.45) is 0 Å². The first kappa shape index (κ1) is 14.8. The van der Waals surface area contributed by atoms with Crippen molar-refractivity contribution < 1.29 is 17.9 Å². The summed E-state index contributed by atoms with van der Waals surface area (Å²) in [5, 5.41) is 3.21. The van der Waals surface area contributed by atoms with Crippen LogP contribution in [0.3, 0.4) is 0 Å². The summed E-state index contributed by atoms with van der Waals surface area (Å²) in [6.07, 6.45) is -0.689. The Labute approximate surface area is 125 Å². The van der Waals surface area contributed by atoms with E-state index in [1.54, 1.807) is 0 Å². The topological polar surface area (TPSA) is 47.0 Å². The molecule has 0 radical (unpaired) electrons. The Morgan fingerprint density at radius 1 is 1.14 bits per heavy atom. The third-order valence-corrected chi connectivity index (χ3v) is 3.49. The first-order valence-corrected chi connectivity index (χ1v) is 6.91. The van der Waals surface area contributed by atoms with E-state index in [1.165, 1.54) is 30.6 Å². The van der Waals surface area contributed by atoms with Gasteiger partial charge in [0.25, 0.3) is 0 Å². The van der Waals surface area contributed by atoms with E-state index in [0.717, 1.165) is 25.6 Å². The summed E-state index contributed by atoms with van der Waals surface area (Å²) in [6, 6.07) is 5.07. The quantitative estimate of drug-likeness (QED) is 0.944. The third kappa shape index (κ3) is 3.19. The Balaban J connectivity index is 1.79. The lowest BCUT2D eigenvalue weighted by Gasteiger charge is -2.13. The van der Waals surface area contributed by atoms with E-state index >= 15 is 0 Å². The van der Waals surface area contributed by atoms with Crippen LogP contribution in [-0.2, 0) is 6.18 Å². The summed E-state index contributed by atoms with van der Waals surface area (Å²) in [7, 11) is 0. The first-order valence-electron chi connectivity index (χ1n) is 6.91. The molecule has 7 heteroatoms. The van der Waals surface area contributed by atoms with Crippen LogP contribution in [0.5, 0.6) is 11.5 Å². The van der Waals surface area contributed by atoms with Crippen LogP contribution in [0.25, 0.3) is 0 Å². The maximum absolute atomic E-state index is 12.9. The van der Waals surface area contributed by atoms with Gasteiger partial charge in [-0.3, -0.25) is 0 Å². The number of alkyl halides is 3. The molecule has 1 atom stereocenters. The minimum atomic E-state index is -4.47. The standard InChI is InChI=1S/C15H14F3N3O/c16-15(17,18)12-3-1-2-4-13(12)22-11-8-20-14(21-9-11)10-5-6-19-7-10/h1-4,8-10,19H,5-7H2. The molecule has 1 saturated heterocycles. The van der Waals surface area contributed by atoms with Gasteiger partial charge in [-0.15, -0.1) is 0 Å². The first-order chi connectivity index (χ1) is 10.5.